The molecule has 0 amide bonds. The van der Waals surface area contributed by atoms with E-state index in [0.717, 1.165) is 12.5 Å². The SMILES string of the molecule is CCNC(c1ccccc1)C1(CC(C)C)CCCC1. The summed E-state index contributed by atoms with van der Waals surface area (Å²) >= 11 is 0. The van der Waals surface area contributed by atoms with Crippen LogP contribution in [0.2, 0.25) is 0 Å². The van der Waals surface area contributed by atoms with Crippen molar-refractivity contribution >= 4 is 0 Å². The van der Waals surface area contributed by atoms with Gasteiger partial charge in [0.05, 0.1) is 0 Å². The summed E-state index contributed by atoms with van der Waals surface area (Å²) < 4.78 is 0. The third-order valence-electron chi connectivity index (χ3n) is 4.57. The molecule has 1 nitrogen and oxygen atoms in total. The van der Waals surface area contributed by atoms with Gasteiger partial charge in [-0.05, 0) is 42.7 Å². The topological polar surface area (TPSA) is 12.0 Å². The molecule has 0 saturated heterocycles. The maximum atomic E-state index is 3.79. The smallest absolute Gasteiger partial charge is 0.0377 e. The normalized spacial score (nSPS) is 19.8. The molecule has 106 valence electrons. The summed E-state index contributed by atoms with van der Waals surface area (Å²) in [4.78, 5) is 0. The summed E-state index contributed by atoms with van der Waals surface area (Å²) in [5.41, 5.74) is 1.96. The van der Waals surface area contributed by atoms with Gasteiger partial charge in [0.2, 0.25) is 0 Å². The van der Waals surface area contributed by atoms with Crippen LogP contribution in [0.3, 0.4) is 0 Å². The van der Waals surface area contributed by atoms with Crippen molar-refractivity contribution in [2.75, 3.05) is 6.54 Å². The first-order valence-electron chi connectivity index (χ1n) is 7.96. The summed E-state index contributed by atoms with van der Waals surface area (Å²) in [5, 5.41) is 3.79. The Labute approximate surface area is 118 Å². The summed E-state index contributed by atoms with van der Waals surface area (Å²) in [7, 11) is 0. The summed E-state index contributed by atoms with van der Waals surface area (Å²) in [6.45, 7) is 8.02. The van der Waals surface area contributed by atoms with Crippen LogP contribution in [0.5, 0.6) is 0 Å². The van der Waals surface area contributed by atoms with Gasteiger partial charge in [-0.25, -0.2) is 0 Å². The van der Waals surface area contributed by atoms with Crippen molar-refractivity contribution in [2.24, 2.45) is 11.3 Å². The van der Waals surface area contributed by atoms with Crippen molar-refractivity contribution in [3.05, 3.63) is 35.9 Å². The van der Waals surface area contributed by atoms with E-state index in [0.29, 0.717) is 11.5 Å². The molecule has 1 saturated carbocycles. The number of hydrogen-bond donors (Lipinski definition) is 1. The predicted molar refractivity (Wildman–Crippen MR) is 83.2 cm³/mol. The quantitative estimate of drug-likeness (QED) is 0.762. The van der Waals surface area contributed by atoms with Crippen molar-refractivity contribution in [1.82, 2.24) is 5.32 Å². The highest BCUT2D eigenvalue weighted by Gasteiger charge is 2.41. The van der Waals surface area contributed by atoms with Gasteiger partial charge < -0.3 is 5.32 Å². The van der Waals surface area contributed by atoms with E-state index >= 15 is 0 Å². The van der Waals surface area contributed by atoms with Gasteiger partial charge in [0.1, 0.15) is 0 Å². The zero-order valence-corrected chi connectivity index (χ0v) is 12.8. The van der Waals surface area contributed by atoms with Crippen LogP contribution in [0.4, 0.5) is 0 Å². The first kappa shape index (κ1) is 14.6. The maximum absolute atomic E-state index is 3.79. The lowest BCUT2D eigenvalue weighted by molar-refractivity contribution is 0.157. The van der Waals surface area contributed by atoms with Crippen LogP contribution in [0.25, 0.3) is 0 Å². The minimum atomic E-state index is 0.478. The van der Waals surface area contributed by atoms with Gasteiger partial charge in [-0.3, -0.25) is 0 Å². The van der Waals surface area contributed by atoms with Crippen LogP contribution in [0.1, 0.15) is 64.5 Å². The molecule has 0 heterocycles. The zero-order chi connectivity index (χ0) is 13.7. The fourth-order valence-corrected chi connectivity index (χ4v) is 4.04. The van der Waals surface area contributed by atoms with Gasteiger partial charge in [0, 0.05) is 6.04 Å². The number of nitrogens with one attached hydrogen (secondary N) is 1. The zero-order valence-electron chi connectivity index (χ0n) is 12.8. The highest BCUT2D eigenvalue weighted by molar-refractivity contribution is 5.22. The van der Waals surface area contributed by atoms with Crippen LogP contribution in [0, 0.1) is 11.3 Å². The first-order chi connectivity index (χ1) is 9.18. The third kappa shape index (κ3) is 3.39. The van der Waals surface area contributed by atoms with Gasteiger partial charge in [-0.15, -0.1) is 0 Å². The average molecular weight is 259 g/mol. The van der Waals surface area contributed by atoms with Crippen LogP contribution < -0.4 is 5.32 Å². The molecule has 1 N–H and O–H groups in total. The molecule has 1 aliphatic rings. The molecule has 0 spiro atoms. The Hall–Kier alpha value is -0.820. The first-order valence-corrected chi connectivity index (χ1v) is 7.96. The molecular weight excluding hydrogens is 230 g/mol. The third-order valence-corrected chi connectivity index (χ3v) is 4.57. The van der Waals surface area contributed by atoms with Gasteiger partial charge >= 0.3 is 0 Å². The monoisotopic (exact) mass is 259 g/mol. The van der Waals surface area contributed by atoms with Gasteiger partial charge in [0.25, 0.3) is 0 Å². The molecule has 1 aromatic carbocycles. The highest BCUT2D eigenvalue weighted by Crippen LogP contribution is 2.51. The lowest BCUT2D eigenvalue weighted by atomic mass is 9.70. The predicted octanol–water partition coefficient (Wildman–Crippen LogP) is 4.94. The summed E-state index contributed by atoms with van der Waals surface area (Å²) in [6.07, 6.45) is 6.93. The van der Waals surface area contributed by atoms with E-state index in [1.165, 1.54) is 37.7 Å². The van der Waals surface area contributed by atoms with E-state index in [1.807, 2.05) is 0 Å². The molecule has 1 aromatic rings. The van der Waals surface area contributed by atoms with Crippen molar-refractivity contribution in [1.29, 1.82) is 0 Å². The molecule has 19 heavy (non-hydrogen) atoms. The standard InChI is InChI=1S/C18H29N/c1-4-19-17(16-10-6-5-7-11-16)18(14-15(2)3)12-8-9-13-18/h5-7,10-11,15,17,19H,4,8-9,12-14H2,1-3H3. The van der Waals surface area contributed by atoms with Gasteiger partial charge in [-0.1, -0.05) is 63.9 Å². The molecule has 0 aromatic heterocycles. The van der Waals surface area contributed by atoms with E-state index in [4.69, 9.17) is 0 Å². The highest BCUT2D eigenvalue weighted by atomic mass is 14.9. The summed E-state index contributed by atoms with van der Waals surface area (Å²) in [6, 6.07) is 11.6. The molecule has 0 aliphatic heterocycles. The van der Waals surface area contributed by atoms with Gasteiger partial charge in [0.15, 0.2) is 0 Å². The molecule has 1 heteroatoms. The van der Waals surface area contributed by atoms with Crippen LogP contribution >= 0.6 is 0 Å². The van der Waals surface area contributed by atoms with Crippen LogP contribution in [0.15, 0.2) is 30.3 Å². The largest absolute Gasteiger partial charge is 0.310 e. The number of rotatable bonds is 6. The van der Waals surface area contributed by atoms with Crippen molar-refractivity contribution in [3.63, 3.8) is 0 Å². The average Bonchev–Trinajstić information content (AvgIpc) is 2.85. The van der Waals surface area contributed by atoms with E-state index in [1.54, 1.807) is 0 Å². The Morgan fingerprint density at radius 1 is 1.11 bits per heavy atom. The van der Waals surface area contributed by atoms with E-state index in [9.17, 15) is 0 Å². The molecule has 1 aliphatic carbocycles. The lowest BCUT2D eigenvalue weighted by Crippen LogP contribution is -2.37. The Morgan fingerprint density at radius 3 is 2.26 bits per heavy atom. The number of benzene rings is 1. The second-order valence-corrected chi connectivity index (χ2v) is 6.57. The molecule has 0 bridgehead atoms. The second kappa shape index (κ2) is 6.56. The Bertz CT molecular complexity index is 363. The molecule has 2 rings (SSSR count). The van der Waals surface area contributed by atoms with Crippen molar-refractivity contribution in [3.8, 4) is 0 Å². The lowest BCUT2D eigenvalue weighted by Gasteiger charge is -2.40. The fourth-order valence-electron chi connectivity index (χ4n) is 4.04. The molecule has 1 fully saturated rings. The molecule has 1 atom stereocenters. The fraction of sp³-hybridized carbons (Fsp3) is 0.667. The maximum Gasteiger partial charge on any atom is 0.0377 e. The Morgan fingerprint density at radius 2 is 1.74 bits per heavy atom. The van der Waals surface area contributed by atoms with E-state index < -0.39 is 0 Å². The van der Waals surface area contributed by atoms with Crippen LogP contribution in [-0.2, 0) is 0 Å². The van der Waals surface area contributed by atoms with Crippen LogP contribution in [-0.4, -0.2) is 6.54 Å². The Kier molecular flexibility index (Phi) is 5.04. The molecule has 1 unspecified atom stereocenters. The van der Waals surface area contributed by atoms with Gasteiger partial charge in [-0.2, -0.15) is 0 Å². The number of hydrogen-bond acceptors (Lipinski definition) is 1. The Balaban J connectivity index is 2.29. The van der Waals surface area contributed by atoms with Crippen molar-refractivity contribution in [2.45, 2.75) is 58.9 Å². The van der Waals surface area contributed by atoms with E-state index in [-0.39, 0.29) is 0 Å². The molecular formula is C18H29N. The summed E-state index contributed by atoms with van der Waals surface area (Å²) in [5.74, 6) is 0.781. The minimum absolute atomic E-state index is 0.478. The van der Waals surface area contributed by atoms with Crippen molar-refractivity contribution < 1.29 is 0 Å². The minimum Gasteiger partial charge on any atom is -0.310 e. The van der Waals surface area contributed by atoms with E-state index in [2.05, 4.69) is 56.4 Å². The second-order valence-electron chi connectivity index (χ2n) is 6.57. The molecule has 0 radical (unpaired) electrons.